The smallest absolute Gasteiger partial charge is 0.480 e. The van der Waals surface area contributed by atoms with Gasteiger partial charge in [0, 0.05) is 18.8 Å². The van der Waals surface area contributed by atoms with Crippen molar-refractivity contribution in [1.82, 2.24) is 0 Å². The predicted molar refractivity (Wildman–Crippen MR) is 123 cm³/mol. The normalized spacial score (nSPS) is 13.5. The summed E-state index contributed by atoms with van der Waals surface area (Å²) in [6, 6.07) is 3.01. The van der Waals surface area contributed by atoms with Crippen LogP contribution >= 0.6 is 0 Å². The van der Waals surface area contributed by atoms with Crippen molar-refractivity contribution in [2.24, 2.45) is 17.6 Å². The van der Waals surface area contributed by atoms with Crippen LogP contribution in [-0.4, -0.2) is 48.4 Å². The van der Waals surface area contributed by atoms with E-state index in [1.165, 1.54) is 18.2 Å². The fraction of sp³-hybridized carbons (Fsp3) is 0.583. The molecule has 3 N–H and O–H groups in total. The molecule has 1 rings (SSSR count). The maximum atomic E-state index is 11.9. The lowest BCUT2D eigenvalue weighted by Crippen LogP contribution is -2.40. The summed E-state index contributed by atoms with van der Waals surface area (Å²) in [4.78, 5) is 47.2. The number of hydrogen-bond donors (Lipinski definition) is 2. The Labute approximate surface area is 199 Å². The number of ether oxygens (including phenoxy) is 4. The standard InChI is InChI=1S/C24H35NO9/c1-6-19(26)33-17-9-8-16(12-18(17)34-20(27)7-2)21(22(25)23(28)29)15(5)13-32-24(30)31-11-10-14(3)4/h8-9,12,14-15,21-22H,6-7,10-11,13,25H2,1-5H3,(H,28,29)/t15?,21?,22-/m0/s1. The molecule has 0 aliphatic carbocycles. The summed E-state index contributed by atoms with van der Waals surface area (Å²) in [6.45, 7) is 8.95. The van der Waals surface area contributed by atoms with E-state index in [0.717, 1.165) is 0 Å². The van der Waals surface area contributed by atoms with E-state index in [1.807, 2.05) is 13.8 Å². The highest BCUT2D eigenvalue weighted by molar-refractivity contribution is 5.77. The molecule has 0 aliphatic rings. The van der Waals surface area contributed by atoms with E-state index < -0.39 is 41.9 Å². The average Bonchev–Trinajstić information content (AvgIpc) is 2.78. The van der Waals surface area contributed by atoms with E-state index in [2.05, 4.69) is 0 Å². The van der Waals surface area contributed by atoms with Crippen LogP contribution in [0.25, 0.3) is 0 Å². The van der Waals surface area contributed by atoms with Crippen LogP contribution in [0.5, 0.6) is 11.5 Å². The van der Waals surface area contributed by atoms with Gasteiger partial charge in [-0.1, -0.05) is 40.7 Å². The van der Waals surface area contributed by atoms with Crippen LogP contribution in [0, 0.1) is 11.8 Å². The van der Waals surface area contributed by atoms with Crippen molar-refractivity contribution in [3.63, 3.8) is 0 Å². The number of carbonyl (C=O) groups is 4. The Kier molecular flexibility index (Phi) is 12.1. The van der Waals surface area contributed by atoms with Gasteiger partial charge in [-0.15, -0.1) is 0 Å². The Morgan fingerprint density at radius 2 is 1.53 bits per heavy atom. The summed E-state index contributed by atoms with van der Waals surface area (Å²) in [7, 11) is 0. The highest BCUT2D eigenvalue weighted by atomic mass is 16.7. The van der Waals surface area contributed by atoms with Crippen LogP contribution < -0.4 is 15.2 Å². The first kappa shape index (κ1) is 28.9. The number of nitrogens with two attached hydrogens (primary N) is 1. The first-order valence-corrected chi connectivity index (χ1v) is 11.3. The lowest BCUT2D eigenvalue weighted by Gasteiger charge is -2.28. The van der Waals surface area contributed by atoms with E-state index in [4.69, 9.17) is 24.7 Å². The molecule has 0 aromatic heterocycles. The summed E-state index contributed by atoms with van der Waals surface area (Å²) >= 11 is 0. The third-order valence-electron chi connectivity index (χ3n) is 5.04. The first-order valence-electron chi connectivity index (χ1n) is 11.3. The topological polar surface area (TPSA) is 151 Å². The molecule has 0 bridgehead atoms. The minimum atomic E-state index is -1.35. The van der Waals surface area contributed by atoms with Gasteiger partial charge in [-0.05, 0) is 36.0 Å². The van der Waals surface area contributed by atoms with Crippen LogP contribution in [0.15, 0.2) is 18.2 Å². The Balaban J connectivity index is 3.16. The monoisotopic (exact) mass is 481 g/mol. The number of carboxylic acid groups (broad SMARTS) is 1. The molecule has 34 heavy (non-hydrogen) atoms. The molecule has 3 atom stereocenters. The number of aliphatic carboxylic acids is 1. The Bertz CT molecular complexity index is 853. The summed E-state index contributed by atoms with van der Waals surface area (Å²) in [5.41, 5.74) is 6.38. The molecule has 0 saturated heterocycles. The van der Waals surface area contributed by atoms with Gasteiger partial charge in [0.15, 0.2) is 11.5 Å². The lowest BCUT2D eigenvalue weighted by molar-refractivity contribution is -0.139. The zero-order chi connectivity index (χ0) is 25.8. The molecule has 2 unspecified atom stereocenters. The molecule has 0 heterocycles. The van der Waals surface area contributed by atoms with Crippen molar-refractivity contribution in [2.45, 2.75) is 65.8 Å². The first-order chi connectivity index (χ1) is 16.0. The van der Waals surface area contributed by atoms with Crippen molar-refractivity contribution < 1.29 is 43.2 Å². The number of carboxylic acids is 1. The van der Waals surface area contributed by atoms with Crippen LogP contribution in [0.4, 0.5) is 4.79 Å². The summed E-state index contributed by atoms with van der Waals surface area (Å²) in [6.07, 6.45) is 0.0178. The van der Waals surface area contributed by atoms with Gasteiger partial charge in [-0.3, -0.25) is 14.4 Å². The highest BCUT2D eigenvalue weighted by Gasteiger charge is 2.32. The Morgan fingerprint density at radius 3 is 2.06 bits per heavy atom. The van der Waals surface area contributed by atoms with Gasteiger partial charge in [0.25, 0.3) is 0 Å². The number of carbonyl (C=O) groups excluding carboxylic acids is 3. The molecular formula is C24H35NO9. The fourth-order valence-electron chi connectivity index (χ4n) is 3.05. The third-order valence-corrected chi connectivity index (χ3v) is 5.04. The maximum absolute atomic E-state index is 11.9. The average molecular weight is 482 g/mol. The second kappa shape index (κ2) is 14.2. The molecule has 0 saturated carbocycles. The molecule has 1 aromatic carbocycles. The minimum absolute atomic E-state index is 0.0256. The van der Waals surface area contributed by atoms with Gasteiger partial charge < -0.3 is 29.8 Å². The van der Waals surface area contributed by atoms with Crippen molar-refractivity contribution in [3.05, 3.63) is 23.8 Å². The second-order valence-electron chi connectivity index (χ2n) is 8.32. The van der Waals surface area contributed by atoms with Gasteiger partial charge >= 0.3 is 24.1 Å². The number of hydrogen-bond acceptors (Lipinski definition) is 9. The quantitative estimate of drug-likeness (QED) is 0.315. The van der Waals surface area contributed by atoms with Crippen molar-refractivity contribution in [1.29, 1.82) is 0 Å². The van der Waals surface area contributed by atoms with E-state index in [1.54, 1.807) is 20.8 Å². The van der Waals surface area contributed by atoms with Crippen LogP contribution in [0.2, 0.25) is 0 Å². The van der Waals surface area contributed by atoms with E-state index in [-0.39, 0.29) is 37.6 Å². The molecule has 10 heteroatoms. The largest absolute Gasteiger partial charge is 0.508 e. The second-order valence-corrected chi connectivity index (χ2v) is 8.32. The van der Waals surface area contributed by atoms with Crippen molar-refractivity contribution in [2.75, 3.05) is 13.2 Å². The van der Waals surface area contributed by atoms with Gasteiger partial charge in [-0.2, -0.15) is 0 Å². The van der Waals surface area contributed by atoms with Gasteiger partial charge in [0.1, 0.15) is 6.04 Å². The van der Waals surface area contributed by atoms with E-state index in [9.17, 15) is 24.3 Å². The number of rotatable bonds is 13. The predicted octanol–water partition coefficient (Wildman–Crippen LogP) is 3.65. The molecule has 10 nitrogen and oxygen atoms in total. The lowest BCUT2D eigenvalue weighted by atomic mass is 9.82. The summed E-state index contributed by atoms with van der Waals surface area (Å²) in [5.74, 6) is -3.36. The van der Waals surface area contributed by atoms with Crippen LogP contribution in [0.3, 0.4) is 0 Å². The van der Waals surface area contributed by atoms with Gasteiger partial charge in [0.05, 0.1) is 13.2 Å². The fourth-order valence-corrected chi connectivity index (χ4v) is 3.05. The van der Waals surface area contributed by atoms with Gasteiger partial charge in [-0.25, -0.2) is 4.79 Å². The molecule has 0 amide bonds. The molecule has 1 aromatic rings. The SMILES string of the molecule is CCC(=O)Oc1ccc(C(C(C)COC(=O)OCCC(C)C)[C@H](N)C(=O)O)cc1OC(=O)CC. The Hall–Kier alpha value is -3.14. The number of benzene rings is 1. The van der Waals surface area contributed by atoms with E-state index >= 15 is 0 Å². The van der Waals surface area contributed by atoms with Crippen molar-refractivity contribution in [3.8, 4) is 11.5 Å². The van der Waals surface area contributed by atoms with Crippen molar-refractivity contribution >= 4 is 24.1 Å². The Morgan fingerprint density at radius 1 is 0.941 bits per heavy atom. The third kappa shape index (κ3) is 9.38. The minimum Gasteiger partial charge on any atom is -0.480 e. The van der Waals surface area contributed by atoms with Crippen LogP contribution in [0.1, 0.15) is 65.4 Å². The molecule has 0 aliphatic heterocycles. The molecular weight excluding hydrogens is 446 g/mol. The number of esters is 2. The van der Waals surface area contributed by atoms with E-state index in [0.29, 0.717) is 17.9 Å². The molecule has 0 spiro atoms. The van der Waals surface area contributed by atoms with Crippen LogP contribution in [-0.2, 0) is 23.9 Å². The van der Waals surface area contributed by atoms with Gasteiger partial charge in [0.2, 0.25) is 0 Å². The highest BCUT2D eigenvalue weighted by Crippen LogP contribution is 2.36. The maximum Gasteiger partial charge on any atom is 0.508 e. The molecule has 190 valence electrons. The zero-order valence-electron chi connectivity index (χ0n) is 20.4. The molecule has 0 radical (unpaired) electrons. The summed E-state index contributed by atoms with van der Waals surface area (Å²) in [5, 5.41) is 9.55. The summed E-state index contributed by atoms with van der Waals surface area (Å²) < 4.78 is 20.7. The zero-order valence-corrected chi connectivity index (χ0v) is 20.4. The molecule has 0 fully saturated rings.